The molecule has 0 aliphatic carbocycles. The number of thiocarbonyl (C=S) groups is 1. The quantitative estimate of drug-likeness (QED) is 0.838. The molecule has 1 fully saturated rings. The first kappa shape index (κ1) is 15.5. The van der Waals surface area contributed by atoms with Crippen molar-refractivity contribution in [1.82, 2.24) is 4.31 Å². The van der Waals surface area contributed by atoms with Crippen molar-refractivity contribution in [3.63, 3.8) is 0 Å². The van der Waals surface area contributed by atoms with E-state index in [-0.39, 0.29) is 4.99 Å². The molecule has 1 aromatic rings. The zero-order chi connectivity index (χ0) is 14.9. The molecule has 2 rings (SSSR count). The Bertz CT molecular complexity index is 626. The number of anilines is 1. The fourth-order valence-electron chi connectivity index (χ4n) is 2.18. The van der Waals surface area contributed by atoms with Crippen LogP contribution in [0.3, 0.4) is 0 Å². The topological polar surface area (TPSA) is 66.6 Å². The van der Waals surface area contributed by atoms with E-state index < -0.39 is 10.0 Å². The highest BCUT2D eigenvalue weighted by Crippen LogP contribution is 2.25. The zero-order valence-corrected chi connectivity index (χ0v) is 13.4. The van der Waals surface area contributed by atoms with Crippen molar-refractivity contribution in [2.24, 2.45) is 5.73 Å². The first-order chi connectivity index (χ1) is 9.29. The zero-order valence-electron chi connectivity index (χ0n) is 11.0. The average molecular weight is 334 g/mol. The number of piperazine rings is 1. The number of benzene rings is 1. The maximum absolute atomic E-state index is 11.5. The molecule has 0 spiro atoms. The third-order valence-electron chi connectivity index (χ3n) is 3.29. The van der Waals surface area contributed by atoms with Gasteiger partial charge in [0, 0.05) is 37.4 Å². The van der Waals surface area contributed by atoms with E-state index in [9.17, 15) is 8.42 Å². The molecule has 8 heteroatoms. The van der Waals surface area contributed by atoms with Crippen LogP contribution in [0.25, 0.3) is 0 Å². The summed E-state index contributed by atoms with van der Waals surface area (Å²) in [6, 6.07) is 5.51. The van der Waals surface area contributed by atoms with Crippen molar-refractivity contribution in [2.45, 2.75) is 0 Å². The third-order valence-corrected chi connectivity index (χ3v) is 5.13. The minimum Gasteiger partial charge on any atom is -0.389 e. The van der Waals surface area contributed by atoms with E-state index in [0.29, 0.717) is 36.8 Å². The van der Waals surface area contributed by atoms with Crippen molar-refractivity contribution >= 4 is 44.5 Å². The summed E-state index contributed by atoms with van der Waals surface area (Å²) in [6.45, 7) is 2.23. The standard InChI is InChI=1S/C12H16ClN3O2S2/c1-20(17,18)16-6-4-15(5-7-16)9-2-3-10(12(14)19)11(13)8-9/h2-3,8H,4-7H2,1H3,(H2,14,19). The molecule has 0 radical (unpaired) electrons. The molecule has 5 nitrogen and oxygen atoms in total. The van der Waals surface area contributed by atoms with Crippen LogP contribution in [0.1, 0.15) is 5.56 Å². The van der Waals surface area contributed by atoms with Gasteiger partial charge in [-0.3, -0.25) is 0 Å². The van der Waals surface area contributed by atoms with Crippen LogP contribution in [-0.2, 0) is 10.0 Å². The van der Waals surface area contributed by atoms with E-state index in [0.717, 1.165) is 5.69 Å². The molecule has 0 amide bonds. The third kappa shape index (κ3) is 3.41. The largest absolute Gasteiger partial charge is 0.389 e. The Labute approximate surface area is 129 Å². The van der Waals surface area contributed by atoms with Crippen molar-refractivity contribution in [3.05, 3.63) is 28.8 Å². The minimum absolute atomic E-state index is 0.267. The van der Waals surface area contributed by atoms with Gasteiger partial charge in [0.15, 0.2) is 0 Å². The summed E-state index contributed by atoms with van der Waals surface area (Å²) in [5, 5.41) is 0.514. The average Bonchev–Trinajstić information content (AvgIpc) is 2.37. The number of halogens is 1. The highest BCUT2D eigenvalue weighted by Gasteiger charge is 2.23. The Kier molecular flexibility index (Phi) is 4.53. The molecule has 1 heterocycles. The molecular formula is C12H16ClN3O2S2. The van der Waals surface area contributed by atoms with Gasteiger partial charge in [-0.1, -0.05) is 23.8 Å². The SMILES string of the molecule is CS(=O)(=O)N1CCN(c2ccc(C(N)=S)c(Cl)c2)CC1. The number of sulfonamides is 1. The van der Waals surface area contributed by atoms with Gasteiger partial charge in [-0.25, -0.2) is 8.42 Å². The van der Waals surface area contributed by atoms with Crippen LogP contribution in [0.15, 0.2) is 18.2 Å². The number of rotatable bonds is 3. The molecule has 1 aliphatic rings. The first-order valence-electron chi connectivity index (χ1n) is 6.08. The van der Waals surface area contributed by atoms with Crippen LogP contribution in [0.5, 0.6) is 0 Å². The van der Waals surface area contributed by atoms with Gasteiger partial charge in [0.25, 0.3) is 0 Å². The van der Waals surface area contributed by atoms with Crippen molar-refractivity contribution in [3.8, 4) is 0 Å². The molecule has 1 aromatic carbocycles. The lowest BCUT2D eigenvalue weighted by molar-refractivity contribution is 0.388. The van der Waals surface area contributed by atoms with Crippen LogP contribution in [0.2, 0.25) is 5.02 Å². The summed E-state index contributed by atoms with van der Waals surface area (Å²) < 4.78 is 24.4. The van der Waals surface area contributed by atoms with Gasteiger partial charge in [-0.05, 0) is 18.2 Å². The molecule has 1 saturated heterocycles. The Hall–Kier alpha value is -0.890. The molecule has 0 saturated carbocycles. The molecule has 0 unspecified atom stereocenters. The first-order valence-corrected chi connectivity index (χ1v) is 8.72. The summed E-state index contributed by atoms with van der Waals surface area (Å²) in [6.07, 6.45) is 1.23. The highest BCUT2D eigenvalue weighted by atomic mass is 35.5. The lowest BCUT2D eigenvalue weighted by Crippen LogP contribution is -2.48. The molecule has 2 N–H and O–H groups in total. The van der Waals surface area contributed by atoms with Crippen LogP contribution in [0.4, 0.5) is 5.69 Å². The molecule has 0 bridgehead atoms. The van der Waals surface area contributed by atoms with Gasteiger partial charge >= 0.3 is 0 Å². The Morgan fingerprint density at radius 1 is 1.30 bits per heavy atom. The molecule has 1 aliphatic heterocycles. The lowest BCUT2D eigenvalue weighted by atomic mass is 10.2. The number of hydrogen-bond acceptors (Lipinski definition) is 4. The summed E-state index contributed by atoms with van der Waals surface area (Å²) in [7, 11) is -3.11. The van der Waals surface area contributed by atoms with Gasteiger partial charge in [0.05, 0.1) is 11.3 Å². The van der Waals surface area contributed by atoms with Crippen LogP contribution >= 0.6 is 23.8 Å². The van der Waals surface area contributed by atoms with Crippen molar-refractivity contribution in [1.29, 1.82) is 0 Å². The maximum Gasteiger partial charge on any atom is 0.211 e. The number of hydrogen-bond donors (Lipinski definition) is 1. The second-order valence-corrected chi connectivity index (χ2v) is 7.51. The summed E-state index contributed by atoms with van der Waals surface area (Å²) >= 11 is 11.1. The number of nitrogens with zero attached hydrogens (tertiary/aromatic N) is 2. The van der Waals surface area contributed by atoms with Gasteiger partial charge in [-0.15, -0.1) is 0 Å². The summed E-state index contributed by atoms with van der Waals surface area (Å²) in [5.74, 6) is 0. The smallest absolute Gasteiger partial charge is 0.211 e. The normalized spacial score (nSPS) is 17.2. The van der Waals surface area contributed by atoms with E-state index in [1.165, 1.54) is 10.6 Å². The van der Waals surface area contributed by atoms with Crippen molar-refractivity contribution in [2.75, 3.05) is 37.3 Å². The molecule has 0 atom stereocenters. The fraction of sp³-hybridized carbons (Fsp3) is 0.417. The lowest BCUT2D eigenvalue weighted by Gasteiger charge is -2.34. The van der Waals surface area contributed by atoms with E-state index in [1.807, 2.05) is 12.1 Å². The molecule has 0 aromatic heterocycles. The fourth-order valence-corrected chi connectivity index (χ4v) is 3.52. The number of nitrogens with two attached hydrogens (primary N) is 1. The van der Waals surface area contributed by atoms with Crippen molar-refractivity contribution < 1.29 is 8.42 Å². The Balaban J connectivity index is 2.11. The second-order valence-electron chi connectivity index (χ2n) is 4.68. The molecule has 20 heavy (non-hydrogen) atoms. The van der Waals surface area contributed by atoms with E-state index in [4.69, 9.17) is 29.6 Å². The van der Waals surface area contributed by atoms with Crippen LogP contribution in [0, 0.1) is 0 Å². The van der Waals surface area contributed by atoms with Gasteiger partial charge in [-0.2, -0.15) is 4.31 Å². The van der Waals surface area contributed by atoms with Gasteiger partial charge in [0.1, 0.15) is 4.99 Å². The Morgan fingerprint density at radius 3 is 2.35 bits per heavy atom. The predicted molar refractivity (Wildman–Crippen MR) is 86.0 cm³/mol. The van der Waals surface area contributed by atoms with E-state index >= 15 is 0 Å². The summed E-state index contributed by atoms with van der Waals surface area (Å²) in [5.41, 5.74) is 7.17. The van der Waals surface area contributed by atoms with Crippen LogP contribution in [-0.4, -0.2) is 50.1 Å². The van der Waals surface area contributed by atoms with Crippen LogP contribution < -0.4 is 10.6 Å². The Morgan fingerprint density at radius 2 is 1.90 bits per heavy atom. The van der Waals surface area contributed by atoms with Gasteiger partial charge in [0.2, 0.25) is 10.0 Å². The maximum atomic E-state index is 11.5. The monoisotopic (exact) mass is 333 g/mol. The molecular weight excluding hydrogens is 318 g/mol. The van der Waals surface area contributed by atoms with E-state index in [1.54, 1.807) is 6.07 Å². The summed E-state index contributed by atoms with van der Waals surface area (Å²) in [4.78, 5) is 2.36. The highest BCUT2D eigenvalue weighted by molar-refractivity contribution is 7.88. The molecule has 110 valence electrons. The predicted octanol–water partition coefficient (Wildman–Crippen LogP) is 1.06. The minimum atomic E-state index is -3.11. The second kappa shape index (κ2) is 5.85. The van der Waals surface area contributed by atoms with Gasteiger partial charge < -0.3 is 10.6 Å². The van der Waals surface area contributed by atoms with E-state index in [2.05, 4.69) is 4.90 Å².